The molecule has 0 aliphatic rings. The van der Waals surface area contributed by atoms with Crippen LogP contribution in [0.25, 0.3) is 0 Å². The van der Waals surface area contributed by atoms with Crippen molar-refractivity contribution >= 4 is 23.2 Å². The van der Waals surface area contributed by atoms with E-state index in [0.717, 1.165) is 0 Å². The Morgan fingerprint density at radius 2 is 2.08 bits per heavy atom. The Morgan fingerprint density at radius 1 is 1.32 bits per heavy atom. The molecule has 7 heteroatoms. The lowest BCUT2D eigenvalue weighted by molar-refractivity contribution is -0.130. The quantitative estimate of drug-likeness (QED) is 0.807. The lowest BCUT2D eigenvalue weighted by Crippen LogP contribution is -2.39. The summed E-state index contributed by atoms with van der Waals surface area (Å²) in [7, 11) is 1.67. The summed E-state index contributed by atoms with van der Waals surface area (Å²) in [6.07, 6.45) is 3.10. The van der Waals surface area contributed by atoms with Gasteiger partial charge >= 0.3 is 0 Å². The number of nitriles is 1. The van der Waals surface area contributed by atoms with Crippen molar-refractivity contribution in [2.75, 3.05) is 24.2 Å². The van der Waals surface area contributed by atoms with Crippen molar-refractivity contribution in [2.45, 2.75) is 19.4 Å². The molecule has 7 nitrogen and oxygen atoms in total. The van der Waals surface area contributed by atoms with Crippen LogP contribution in [0.5, 0.6) is 0 Å². The summed E-state index contributed by atoms with van der Waals surface area (Å²) in [6, 6.07) is 10.2. The highest BCUT2D eigenvalue weighted by Gasteiger charge is 2.17. The molecule has 2 rings (SSSR count). The predicted octanol–water partition coefficient (Wildman–Crippen LogP) is 2.70. The van der Waals surface area contributed by atoms with Crippen molar-refractivity contribution in [1.29, 1.82) is 5.26 Å². The van der Waals surface area contributed by atoms with Gasteiger partial charge < -0.3 is 20.0 Å². The van der Waals surface area contributed by atoms with Crippen LogP contribution in [0.3, 0.4) is 0 Å². The van der Waals surface area contributed by atoms with Gasteiger partial charge in [-0.1, -0.05) is 6.07 Å². The molecule has 1 atom stereocenters. The van der Waals surface area contributed by atoms with Crippen LogP contribution in [-0.2, 0) is 4.79 Å². The second-order valence-corrected chi connectivity index (χ2v) is 5.58. The van der Waals surface area contributed by atoms with Crippen LogP contribution >= 0.6 is 0 Å². The van der Waals surface area contributed by atoms with E-state index in [1.54, 1.807) is 38.2 Å². The summed E-state index contributed by atoms with van der Waals surface area (Å²) in [5.74, 6) is -0.380. The molecule has 2 amide bonds. The van der Waals surface area contributed by atoms with Crippen LogP contribution in [0.4, 0.5) is 11.4 Å². The zero-order valence-electron chi connectivity index (χ0n) is 14.2. The first-order valence-corrected chi connectivity index (χ1v) is 7.83. The second-order valence-electron chi connectivity index (χ2n) is 5.58. The molecule has 0 saturated carbocycles. The molecule has 0 aliphatic heterocycles. The molecule has 1 aromatic heterocycles. The maximum absolute atomic E-state index is 12.2. The number of carbonyl (C=O) groups excluding carboxylic acids is 2. The van der Waals surface area contributed by atoms with Crippen molar-refractivity contribution in [1.82, 2.24) is 4.90 Å². The molecule has 0 spiro atoms. The monoisotopic (exact) mass is 340 g/mol. The fraction of sp³-hybridized carbons (Fsp3) is 0.278. The highest BCUT2D eigenvalue weighted by Crippen LogP contribution is 2.17. The second kappa shape index (κ2) is 8.55. The first-order chi connectivity index (χ1) is 12.0. The standard InChI is InChI=1S/C18H20N4O3/c1-13(18(24)22(2)9-4-8-19)20-15-5-3-6-16(11-15)21-17(23)14-7-10-25-12-14/h3,5-7,10-13,20H,4,9H2,1-2H3,(H,21,23). The highest BCUT2D eigenvalue weighted by molar-refractivity contribution is 6.04. The molecule has 0 radical (unpaired) electrons. The summed E-state index contributed by atoms with van der Waals surface area (Å²) in [4.78, 5) is 25.8. The Balaban J connectivity index is 1.97. The van der Waals surface area contributed by atoms with Crippen LogP contribution in [0, 0.1) is 11.3 Å². The Hall–Kier alpha value is -3.27. The van der Waals surface area contributed by atoms with Gasteiger partial charge in [-0.05, 0) is 31.2 Å². The fourth-order valence-corrected chi connectivity index (χ4v) is 2.25. The number of anilines is 2. The zero-order chi connectivity index (χ0) is 18.2. The Labute approximate surface area is 146 Å². The molecule has 0 fully saturated rings. The molecule has 2 N–H and O–H groups in total. The lowest BCUT2D eigenvalue weighted by atomic mass is 10.2. The third-order valence-corrected chi connectivity index (χ3v) is 3.59. The van der Waals surface area contributed by atoms with Gasteiger partial charge in [0.1, 0.15) is 12.3 Å². The Morgan fingerprint density at radius 3 is 2.76 bits per heavy atom. The molecular weight excluding hydrogens is 320 g/mol. The van der Waals surface area contributed by atoms with Gasteiger partial charge in [0.05, 0.1) is 24.3 Å². The molecule has 2 aromatic rings. The minimum atomic E-state index is -0.455. The van der Waals surface area contributed by atoms with E-state index < -0.39 is 6.04 Å². The number of hydrogen-bond donors (Lipinski definition) is 2. The highest BCUT2D eigenvalue weighted by atomic mass is 16.3. The number of hydrogen-bond acceptors (Lipinski definition) is 5. The van der Waals surface area contributed by atoms with Gasteiger partial charge in [0.15, 0.2) is 0 Å². The summed E-state index contributed by atoms with van der Waals surface area (Å²) in [5.41, 5.74) is 1.74. The maximum Gasteiger partial charge on any atom is 0.258 e. The van der Waals surface area contributed by atoms with Crippen molar-refractivity contribution in [3.63, 3.8) is 0 Å². The zero-order valence-corrected chi connectivity index (χ0v) is 14.2. The maximum atomic E-state index is 12.2. The van der Waals surface area contributed by atoms with E-state index in [1.165, 1.54) is 17.4 Å². The minimum Gasteiger partial charge on any atom is -0.472 e. The fourth-order valence-electron chi connectivity index (χ4n) is 2.25. The van der Waals surface area contributed by atoms with Gasteiger partial charge in [0.2, 0.25) is 5.91 Å². The van der Waals surface area contributed by atoms with Gasteiger partial charge in [0.25, 0.3) is 5.91 Å². The van der Waals surface area contributed by atoms with Crippen LogP contribution in [0.15, 0.2) is 47.3 Å². The van der Waals surface area contributed by atoms with Gasteiger partial charge in [0, 0.05) is 25.0 Å². The van der Waals surface area contributed by atoms with Gasteiger partial charge in [-0.2, -0.15) is 5.26 Å². The van der Waals surface area contributed by atoms with Crippen molar-refractivity contribution in [3.8, 4) is 6.07 Å². The molecule has 1 heterocycles. The van der Waals surface area contributed by atoms with Crippen LogP contribution in [0.2, 0.25) is 0 Å². The number of likely N-dealkylation sites (N-methyl/N-ethyl adjacent to an activating group) is 1. The Bertz CT molecular complexity index is 765. The third-order valence-electron chi connectivity index (χ3n) is 3.59. The van der Waals surface area contributed by atoms with Crippen molar-refractivity contribution in [3.05, 3.63) is 48.4 Å². The smallest absolute Gasteiger partial charge is 0.258 e. The topological polar surface area (TPSA) is 98.4 Å². The van der Waals surface area contributed by atoms with E-state index in [1.807, 2.05) is 12.1 Å². The molecule has 1 unspecified atom stereocenters. The Kier molecular flexibility index (Phi) is 6.18. The van der Waals surface area contributed by atoms with E-state index in [9.17, 15) is 9.59 Å². The van der Waals surface area contributed by atoms with Crippen molar-refractivity contribution < 1.29 is 14.0 Å². The summed E-state index contributed by atoms with van der Waals surface area (Å²) < 4.78 is 4.89. The number of nitrogens with zero attached hydrogens (tertiary/aromatic N) is 2. The number of nitrogens with one attached hydrogen (secondary N) is 2. The molecule has 1 aromatic carbocycles. The van der Waals surface area contributed by atoms with E-state index in [2.05, 4.69) is 10.6 Å². The number of carbonyl (C=O) groups is 2. The molecule has 0 aliphatic carbocycles. The number of amides is 2. The molecule has 25 heavy (non-hydrogen) atoms. The van der Waals surface area contributed by atoms with Gasteiger partial charge in [-0.15, -0.1) is 0 Å². The summed E-state index contributed by atoms with van der Waals surface area (Å²) >= 11 is 0. The average molecular weight is 340 g/mol. The molecule has 130 valence electrons. The first kappa shape index (κ1) is 18.1. The van der Waals surface area contributed by atoms with E-state index >= 15 is 0 Å². The van der Waals surface area contributed by atoms with Crippen LogP contribution in [-0.4, -0.2) is 36.3 Å². The minimum absolute atomic E-state index is 0.108. The molecule has 0 saturated heterocycles. The SMILES string of the molecule is CC(Nc1cccc(NC(=O)c2ccoc2)c1)C(=O)N(C)CCC#N. The van der Waals surface area contributed by atoms with Gasteiger partial charge in [-0.25, -0.2) is 0 Å². The van der Waals surface area contributed by atoms with Crippen LogP contribution < -0.4 is 10.6 Å². The molecular formula is C18H20N4O3. The average Bonchev–Trinajstić information content (AvgIpc) is 3.14. The molecule has 0 bridgehead atoms. The van der Waals surface area contributed by atoms with Crippen molar-refractivity contribution in [2.24, 2.45) is 0 Å². The van der Waals surface area contributed by atoms with E-state index in [-0.39, 0.29) is 11.8 Å². The van der Waals surface area contributed by atoms with E-state index in [4.69, 9.17) is 9.68 Å². The number of furan rings is 1. The normalized spacial score (nSPS) is 11.2. The largest absolute Gasteiger partial charge is 0.472 e. The summed E-state index contributed by atoms with van der Waals surface area (Å²) in [6.45, 7) is 2.14. The predicted molar refractivity (Wildman–Crippen MR) is 94.1 cm³/mol. The van der Waals surface area contributed by atoms with Gasteiger partial charge in [-0.3, -0.25) is 9.59 Å². The first-order valence-electron chi connectivity index (χ1n) is 7.83. The number of rotatable bonds is 7. The van der Waals surface area contributed by atoms with E-state index in [0.29, 0.717) is 29.9 Å². The summed E-state index contributed by atoms with van der Waals surface area (Å²) in [5, 5.41) is 14.5. The lowest BCUT2D eigenvalue weighted by Gasteiger charge is -2.22. The third kappa shape index (κ3) is 5.11. The van der Waals surface area contributed by atoms with Crippen LogP contribution in [0.1, 0.15) is 23.7 Å². The number of benzene rings is 1.